The molecule has 0 bridgehead atoms. The van der Waals surface area contributed by atoms with E-state index in [2.05, 4.69) is 10.6 Å². The zero-order chi connectivity index (χ0) is 18.9. The Morgan fingerprint density at radius 3 is 2.43 bits per heavy atom. The fraction of sp³-hybridized carbons (Fsp3) is 0.381. The van der Waals surface area contributed by atoms with Crippen LogP contribution in [0.2, 0.25) is 0 Å². The van der Waals surface area contributed by atoms with Crippen molar-refractivity contribution in [2.75, 3.05) is 38.8 Å². The normalized spacial score (nSPS) is 16.1. The van der Waals surface area contributed by atoms with Gasteiger partial charge in [-0.2, -0.15) is 0 Å². The van der Waals surface area contributed by atoms with Gasteiger partial charge in [-0.15, -0.1) is 12.4 Å². The standard InChI is InChI=1S/C21H26N2O4.ClH/c1-25-12-10-16-2-6-19(7-3-16)27-20-8-4-17(5-9-20)23-21(24)14-18-15-26-13-11-22-18;/h2-9,18,22H,10-15H2,1H3,(H,23,24);1H. The third-order valence-corrected chi connectivity index (χ3v) is 4.32. The highest BCUT2D eigenvalue weighted by Crippen LogP contribution is 2.23. The van der Waals surface area contributed by atoms with Gasteiger partial charge in [0.05, 0.1) is 19.8 Å². The molecule has 6 nitrogen and oxygen atoms in total. The number of carbonyl (C=O) groups excluding carboxylic acids is 1. The van der Waals surface area contributed by atoms with E-state index in [9.17, 15) is 4.79 Å². The molecule has 152 valence electrons. The number of hydrogen-bond acceptors (Lipinski definition) is 5. The highest BCUT2D eigenvalue weighted by atomic mass is 35.5. The minimum Gasteiger partial charge on any atom is -0.457 e. The summed E-state index contributed by atoms with van der Waals surface area (Å²) in [7, 11) is 1.70. The summed E-state index contributed by atoms with van der Waals surface area (Å²) in [6.07, 6.45) is 1.28. The summed E-state index contributed by atoms with van der Waals surface area (Å²) in [5, 5.41) is 6.18. The lowest BCUT2D eigenvalue weighted by atomic mass is 10.1. The number of hydrogen-bond donors (Lipinski definition) is 2. The van der Waals surface area contributed by atoms with Crippen LogP contribution in [0.15, 0.2) is 48.5 Å². The maximum absolute atomic E-state index is 12.1. The van der Waals surface area contributed by atoms with Crippen LogP contribution < -0.4 is 15.4 Å². The molecule has 1 aliphatic heterocycles. The number of halogens is 1. The van der Waals surface area contributed by atoms with E-state index >= 15 is 0 Å². The van der Waals surface area contributed by atoms with Gasteiger partial charge < -0.3 is 24.8 Å². The Bertz CT molecular complexity index is 716. The Morgan fingerprint density at radius 2 is 1.82 bits per heavy atom. The maximum atomic E-state index is 12.1. The molecule has 1 atom stereocenters. The Kier molecular flexibility index (Phi) is 9.23. The Balaban J connectivity index is 0.00000280. The highest BCUT2D eigenvalue weighted by Gasteiger charge is 2.16. The van der Waals surface area contributed by atoms with Crippen LogP contribution in [-0.4, -0.2) is 45.4 Å². The van der Waals surface area contributed by atoms with Crippen molar-refractivity contribution in [3.05, 3.63) is 54.1 Å². The maximum Gasteiger partial charge on any atom is 0.226 e. The van der Waals surface area contributed by atoms with Gasteiger partial charge in [-0.3, -0.25) is 4.79 Å². The molecule has 1 heterocycles. The number of nitrogens with one attached hydrogen (secondary N) is 2. The third kappa shape index (κ3) is 7.13. The van der Waals surface area contributed by atoms with Gasteiger partial charge in [0.15, 0.2) is 0 Å². The summed E-state index contributed by atoms with van der Waals surface area (Å²) < 4.78 is 16.3. The van der Waals surface area contributed by atoms with E-state index < -0.39 is 0 Å². The van der Waals surface area contributed by atoms with Crippen LogP contribution in [0, 0.1) is 0 Å². The Hall–Kier alpha value is -2.12. The van der Waals surface area contributed by atoms with Gasteiger partial charge in [0, 0.05) is 31.8 Å². The number of benzene rings is 2. The molecule has 1 amide bonds. The number of anilines is 1. The fourth-order valence-electron chi connectivity index (χ4n) is 2.87. The van der Waals surface area contributed by atoms with E-state index in [0.717, 1.165) is 30.2 Å². The monoisotopic (exact) mass is 406 g/mol. The first-order chi connectivity index (χ1) is 13.2. The number of amides is 1. The van der Waals surface area contributed by atoms with E-state index in [4.69, 9.17) is 14.2 Å². The van der Waals surface area contributed by atoms with Crippen molar-refractivity contribution in [1.29, 1.82) is 0 Å². The fourth-order valence-corrected chi connectivity index (χ4v) is 2.87. The predicted octanol–water partition coefficient (Wildman–Crippen LogP) is 3.41. The molecule has 0 saturated carbocycles. The predicted molar refractivity (Wildman–Crippen MR) is 112 cm³/mol. The molecular formula is C21H27ClN2O4. The lowest BCUT2D eigenvalue weighted by molar-refractivity contribution is -0.117. The van der Waals surface area contributed by atoms with Gasteiger partial charge in [0.1, 0.15) is 11.5 Å². The molecule has 1 fully saturated rings. The SMILES string of the molecule is COCCc1ccc(Oc2ccc(NC(=O)CC3COCCN3)cc2)cc1.Cl. The molecule has 0 spiro atoms. The van der Waals surface area contributed by atoms with Gasteiger partial charge in [0.25, 0.3) is 0 Å². The van der Waals surface area contributed by atoms with Gasteiger partial charge in [0.2, 0.25) is 5.91 Å². The molecule has 2 aromatic rings. The molecule has 28 heavy (non-hydrogen) atoms. The lowest BCUT2D eigenvalue weighted by Crippen LogP contribution is -2.43. The number of methoxy groups -OCH3 is 1. The van der Waals surface area contributed by atoms with Crippen molar-refractivity contribution in [2.45, 2.75) is 18.9 Å². The van der Waals surface area contributed by atoms with E-state index in [1.165, 1.54) is 5.56 Å². The van der Waals surface area contributed by atoms with Gasteiger partial charge in [-0.25, -0.2) is 0 Å². The third-order valence-electron chi connectivity index (χ3n) is 4.32. The molecule has 0 aromatic heterocycles. The van der Waals surface area contributed by atoms with Crippen molar-refractivity contribution in [2.24, 2.45) is 0 Å². The largest absolute Gasteiger partial charge is 0.457 e. The minimum atomic E-state index is -0.0293. The van der Waals surface area contributed by atoms with Crippen molar-refractivity contribution in [3.8, 4) is 11.5 Å². The second kappa shape index (κ2) is 11.7. The first kappa shape index (κ1) is 22.2. The summed E-state index contributed by atoms with van der Waals surface area (Å²) in [5.41, 5.74) is 1.96. The molecule has 0 aliphatic carbocycles. The van der Waals surface area contributed by atoms with Crippen LogP contribution in [0.4, 0.5) is 5.69 Å². The van der Waals surface area contributed by atoms with Crippen LogP contribution in [0.1, 0.15) is 12.0 Å². The molecule has 7 heteroatoms. The van der Waals surface area contributed by atoms with Crippen LogP contribution in [-0.2, 0) is 20.7 Å². The molecule has 1 unspecified atom stereocenters. The Labute approximate surface area is 172 Å². The zero-order valence-corrected chi connectivity index (χ0v) is 16.8. The first-order valence-electron chi connectivity index (χ1n) is 9.20. The molecule has 0 radical (unpaired) electrons. The molecule has 2 aromatic carbocycles. The van der Waals surface area contributed by atoms with Crippen molar-refractivity contribution >= 4 is 24.0 Å². The summed E-state index contributed by atoms with van der Waals surface area (Å²) >= 11 is 0. The minimum absolute atomic E-state index is 0. The molecule has 1 aliphatic rings. The molecule has 1 saturated heterocycles. The summed E-state index contributed by atoms with van der Waals surface area (Å²) in [6.45, 7) is 2.77. The van der Waals surface area contributed by atoms with Crippen LogP contribution in [0.25, 0.3) is 0 Å². The average Bonchev–Trinajstić information content (AvgIpc) is 2.70. The number of rotatable bonds is 8. The van der Waals surface area contributed by atoms with E-state index in [-0.39, 0.29) is 24.4 Å². The number of morpholine rings is 1. The average molecular weight is 407 g/mol. The second-order valence-corrected chi connectivity index (χ2v) is 6.49. The molecule has 3 rings (SSSR count). The highest BCUT2D eigenvalue weighted by molar-refractivity contribution is 5.91. The quantitative estimate of drug-likeness (QED) is 0.703. The van der Waals surface area contributed by atoms with Crippen LogP contribution >= 0.6 is 12.4 Å². The zero-order valence-electron chi connectivity index (χ0n) is 16.0. The molecule has 2 N–H and O–H groups in total. The molecular weight excluding hydrogens is 380 g/mol. The van der Waals surface area contributed by atoms with E-state index in [0.29, 0.717) is 26.2 Å². The first-order valence-corrected chi connectivity index (χ1v) is 9.20. The van der Waals surface area contributed by atoms with Crippen molar-refractivity contribution in [3.63, 3.8) is 0 Å². The summed E-state index contributed by atoms with van der Waals surface area (Å²) in [6, 6.07) is 15.4. The van der Waals surface area contributed by atoms with Crippen LogP contribution in [0.3, 0.4) is 0 Å². The Morgan fingerprint density at radius 1 is 1.14 bits per heavy atom. The number of ether oxygens (including phenoxy) is 3. The van der Waals surface area contributed by atoms with Gasteiger partial charge in [-0.05, 0) is 48.4 Å². The van der Waals surface area contributed by atoms with E-state index in [1.807, 2.05) is 48.5 Å². The van der Waals surface area contributed by atoms with Crippen molar-refractivity contribution in [1.82, 2.24) is 5.32 Å². The smallest absolute Gasteiger partial charge is 0.226 e. The topological polar surface area (TPSA) is 68.8 Å². The van der Waals surface area contributed by atoms with Crippen LogP contribution in [0.5, 0.6) is 11.5 Å². The second-order valence-electron chi connectivity index (χ2n) is 6.49. The summed E-state index contributed by atoms with van der Waals surface area (Å²) in [4.78, 5) is 12.1. The lowest BCUT2D eigenvalue weighted by Gasteiger charge is -2.23. The van der Waals surface area contributed by atoms with Crippen molar-refractivity contribution < 1.29 is 19.0 Å². The van der Waals surface area contributed by atoms with Gasteiger partial charge in [-0.1, -0.05) is 12.1 Å². The van der Waals surface area contributed by atoms with E-state index in [1.54, 1.807) is 7.11 Å². The summed E-state index contributed by atoms with van der Waals surface area (Å²) in [5.74, 6) is 1.47. The number of carbonyl (C=O) groups is 1. The van der Waals surface area contributed by atoms with Gasteiger partial charge >= 0.3 is 0 Å².